The topological polar surface area (TPSA) is 58.2 Å². The van der Waals surface area contributed by atoms with E-state index in [1.807, 2.05) is 30.3 Å². The van der Waals surface area contributed by atoms with Gasteiger partial charge in [0.1, 0.15) is 0 Å². The quantitative estimate of drug-likeness (QED) is 0.846. The summed E-state index contributed by atoms with van der Waals surface area (Å²) in [6, 6.07) is 16.3. The Labute approximate surface area is 123 Å². The molecule has 0 saturated heterocycles. The highest BCUT2D eigenvalue weighted by Crippen LogP contribution is 2.08. The van der Waals surface area contributed by atoms with Gasteiger partial charge in [-0.25, -0.2) is 0 Å². The third kappa shape index (κ3) is 4.31. The monoisotopic (exact) mass is 280 g/mol. The number of nitrogens with one attached hydrogen (secondary N) is 2. The third-order valence-corrected chi connectivity index (χ3v) is 2.87. The fourth-order valence-corrected chi connectivity index (χ4v) is 1.77. The summed E-state index contributed by atoms with van der Waals surface area (Å²) in [5.74, 6) is -0.330. The summed E-state index contributed by atoms with van der Waals surface area (Å²) in [4.78, 5) is 23.1. The fourth-order valence-electron chi connectivity index (χ4n) is 1.77. The Bertz CT molecular complexity index is 646. The van der Waals surface area contributed by atoms with Gasteiger partial charge in [-0.3, -0.25) is 9.59 Å². The van der Waals surface area contributed by atoms with Crippen LogP contribution in [0.3, 0.4) is 0 Å². The average molecular weight is 280 g/mol. The van der Waals surface area contributed by atoms with Gasteiger partial charge in [-0.1, -0.05) is 30.3 Å². The van der Waals surface area contributed by atoms with Gasteiger partial charge in [0.25, 0.3) is 5.91 Å². The first-order chi connectivity index (χ1) is 10.2. The predicted octanol–water partition coefficient (Wildman–Crippen LogP) is 2.70. The van der Waals surface area contributed by atoms with Crippen molar-refractivity contribution < 1.29 is 9.59 Å². The number of rotatable bonds is 4. The molecule has 0 aromatic heterocycles. The van der Waals surface area contributed by atoms with Gasteiger partial charge in [-0.05, 0) is 35.9 Å². The highest BCUT2D eigenvalue weighted by Gasteiger charge is 2.01. The number of hydrogen-bond acceptors (Lipinski definition) is 2. The molecule has 0 fully saturated rings. The van der Waals surface area contributed by atoms with E-state index in [0.717, 1.165) is 11.3 Å². The lowest BCUT2D eigenvalue weighted by Crippen LogP contribution is -2.17. The second-order valence-electron chi connectivity index (χ2n) is 4.39. The van der Waals surface area contributed by atoms with E-state index < -0.39 is 0 Å². The van der Waals surface area contributed by atoms with E-state index >= 15 is 0 Å². The Morgan fingerprint density at radius 3 is 2.24 bits per heavy atom. The molecule has 4 heteroatoms. The molecule has 0 saturated carbocycles. The number of carbonyl (C=O) groups is 2. The normalized spacial score (nSPS) is 10.3. The first-order valence-corrected chi connectivity index (χ1v) is 6.55. The Morgan fingerprint density at radius 1 is 0.952 bits per heavy atom. The second-order valence-corrected chi connectivity index (χ2v) is 4.39. The van der Waals surface area contributed by atoms with Crippen LogP contribution in [0.5, 0.6) is 0 Å². The van der Waals surface area contributed by atoms with E-state index in [-0.39, 0.29) is 11.8 Å². The molecule has 2 rings (SSSR count). The summed E-state index contributed by atoms with van der Waals surface area (Å²) in [5, 5.41) is 5.32. The van der Waals surface area contributed by atoms with Crippen LogP contribution in [-0.4, -0.2) is 18.9 Å². The molecule has 0 bridgehead atoms. The number of para-hydroxylation sites is 1. The molecule has 2 aromatic carbocycles. The summed E-state index contributed by atoms with van der Waals surface area (Å²) in [6.07, 6.45) is 3.16. The minimum atomic E-state index is -0.198. The van der Waals surface area contributed by atoms with Crippen molar-refractivity contribution in [2.75, 3.05) is 12.4 Å². The molecule has 2 aromatic rings. The molecular weight excluding hydrogens is 264 g/mol. The SMILES string of the molecule is CNC(=O)c1ccc(/C=C/C(=O)Nc2ccccc2)cc1. The largest absolute Gasteiger partial charge is 0.355 e. The molecular formula is C17H16N2O2. The molecule has 2 N–H and O–H groups in total. The number of hydrogen-bond donors (Lipinski definition) is 2. The standard InChI is InChI=1S/C17H16N2O2/c1-18-17(21)14-10-7-13(8-11-14)9-12-16(20)19-15-5-3-2-4-6-15/h2-12H,1H3,(H,18,21)(H,19,20)/b12-9+. The van der Waals surface area contributed by atoms with Crippen molar-refractivity contribution in [2.24, 2.45) is 0 Å². The minimum Gasteiger partial charge on any atom is -0.355 e. The average Bonchev–Trinajstić information content (AvgIpc) is 2.53. The summed E-state index contributed by atoms with van der Waals surface area (Å²) in [5.41, 5.74) is 2.19. The molecule has 0 heterocycles. The molecule has 0 aliphatic carbocycles. The second kappa shape index (κ2) is 7.05. The Kier molecular flexibility index (Phi) is 4.88. The number of amides is 2. The lowest BCUT2D eigenvalue weighted by Gasteiger charge is -2.01. The smallest absolute Gasteiger partial charge is 0.251 e. The van der Waals surface area contributed by atoms with Crippen LogP contribution in [0, 0.1) is 0 Å². The maximum absolute atomic E-state index is 11.7. The van der Waals surface area contributed by atoms with E-state index in [1.165, 1.54) is 6.08 Å². The van der Waals surface area contributed by atoms with Crippen molar-refractivity contribution in [3.8, 4) is 0 Å². The van der Waals surface area contributed by atoms with E-state index in [2.05, 4.69) is 10.6 Å². The Morgan fingerprint density at radius 2 is 1.62 bits per heavy atom. The number of anilines is 1. The van der Waals surface area contributed by atoms with E-state index in [1.54, 1.807) is 37.4 Å². The van der Waals surface area contributed by atoms with Crippen LogP contribution in [0.15, 0.2) is 60.7 Å². The molecule has 0 spiro atoms. The maximum atomic E-state index is 11.7. The van der Waals surface area contributed by atoms with E-state index in [9.17, 15) is 9.59 Å². The predicted molar refractivity (Wildman–Crippen MR) is 83.9 cm³/mol. The molecule has 106 valence electrons. The zero-order valence-corrected chi connectivity index (χ0v) is 11.7. The molecule has 0 aliphatic rings. The summed E-state index contributed by atoms with van der Waals surface area (Å²) in [7, 11) is 1.59. The van der Waals surface area contributed by atoms with Crippen molar-refractivity contribution in [3.63, 3.8) is 0 Å². The van der Waals surface area contributed by atoms with Gasteiger partial charge in [0.15, 0.2) is 0 Å². The molecule has 21 heavy (non-hydrogen) atoms. The van der Waals surface area contributed by atoms with Gasteiger partial charge >= 0.3 is 0 Å². The van der Waals surface area contributed by atoms with Crippen LogP contribution in [-0.2, 0) is 4.79 Å². The van der Waals surface area contributed by atoms with E-state index in [0.29, 0.717) is 5.56 Å². The summed E-state index contributed by atoms with van der Waals surface area (Å²) < 4.78 is 0. The third-order valence-electron chi connectivity index (χ3n) is 2.87. The first-order valence-electron chi connectivity index (χ1n) is 6.55. The molecule has 0 radical (unpaired) electrons. The first kappa shape index (κ1) is 14.5. The zero-order valence-electron chi connectivity index (χ0n) is 11.7. The summed E-state index contributed by atoms with van der Waals surface area (Å²) in [6.45, 7) is 0. The van der Waals surface area contributed by atoms with Crippen molar-refractivity contribution in [1.29, 1.82) is 0 Å². The lowest BCUT2D eigenvalue weighted by atomic mass is 10.1. The van der Waals surface area contributed by atoms with Crippen molar-refractivity contribution >= 4 is 23.6 Å². The van der Waals surface area contributed by atoms with Gasteiger partial charge in [-0.15, -0.1) is 0 Å². The maximum Gasteiger partial charge on any atom is 0.251 e. The van der Waals surface area contributed by atoms with Crippen LogP contribution >= 0.6 is 0 Å². The number of carbonyl (C=O) groups excluding carboxylic acids is 2. The van der Waals surface area contributed by atoms with Gasteiger partial charge in [0, 0.05) is 24.4 Å². The molecule has 0 atom stereocenters. The van der Waals surface area contributed by atoms with Gasteiger partial charge < -0.3 is 10.6 Å². The molecule has 0 unspecified atom stereocenters. The molecule has 0 aliphatic heterocycles. The van der Waals surface area contributed by atoms with Gasteiger partial charge in [0.2, 0.25) is 5.91 Å². The van der Waals surface area contributed by atoms with Gasteiger partial charge in [0.05, 0.1) is 0 Å². The van der Waals surface area contributed by atoms with Crippen molar-refractivity contribution in [3.05, 3.63) is 71.8 Å². The fraction of sp³-hybridized carbons (Fsp3) is 0.0588. The van der Waals surface area contributed by atoms with Crippen LogP contribution < -0.4 is 10.6 Å². The van der Waals surface area contributed by atoms with Crippen molar-refractivity contribution in [2.45, 2.75) is 0 Å². The van der Waals surface area contributed by atoms with E-state index in [4.69, 9.17) is 0 Å². The van der Waals surface area contributed by atoms with Crippen LogP contribution in [0.4, 0.5) is 5.69 Å². The van der Waals surface area contributed by atoms with Gasteiger partial charge in [-0.2, -0.15) is 0 Å². The van der Waals surface area contributed by atoms with Crippen LogP contribution in [0.1, 0.15) is 15.9 Å². The highest BCUT2D eigenvalue weighted by atomic mass is 16.2. The lowest BCUT2D eigenvalue weighted by molar-refractivity contribution is -0.111. The minimum absolute atomic E-state index is 0.132. The summed E-state index contributed by atoms with van der Waals surface area (Å²) >= 11 is 0. The highest BCUT2D eigenvalue weighted by molar-refractivity contribution is 6.02. The van der Waals surface area contributed by atoms with Crippen LogP contribution in [0.2, 0.25) is 0 Å². The number of benzene rings is 2. The Hall–Kier alpha value is -2.88. The van der Waals surface area contributed by atoms with Crippen LogP contribution in [0.25, 0.3) is 6.08 Å². The Balaban J connectivity index is 1.97. The zero-order chi connectivity index (χ0) is 15.1. The molecule has 2 amide bonds. The van der Waals surface area contributed by atoms with Crippen molar-refractivity contribution in [1.82, 2.24) is 5.32 Å². The molecule has 4 nitrogen and oxygen atoms in total.